The van der Waals surface area contributed by atoms with E-state index in [4.69, 9.17) is 0 Å². The van der Waals surface area contributed by atoms with E-state index in [9.17, 15) is 9.59 Å². The molecule has 0 aliphatic heterocycles. The third-order valence-corrected chi connectivity index (χ3v) is 6.17. The Morgan fingerprint density at radius 2 is 1.85 bits per heavy atom. The van der Waals surface area contributed by atoms with Gasteiger partial charge in [-0.3, -0.25) is 24.5 Å². The Bertz CT molecular complexity index is 1080. The van der Waals surface area contributed by atoms with E-state index in [-0.39, 0.29) is 29.0 Å². The van der Waals surface area contributed by atoms with E-state index in [1.54, 1.807) is 24.5 Å². The van der Waals surface area contributed by atoms with Crippen molar-refractivity contribution < 1.29 is 9.59 Å². The van der Waals surface area contributed by atoms with E-state index >= 15 is 0 Å². The maximum absolute atomic E-state index is 13.7. The van der Waals surface area contributed by atoms with Crippen molar-refractivity contribution >= 4 is 17.5 Å². The van der Waals surface area contributed by atoms with Crippen molar-refractivity contribution in [2.75, 3.05) is 4.90 Å². The molecule has 8 heteroatoms. The number of carbonyl (C=O) groups excluding carboxylic acids is 2. The lowest BCUT2D eigenvalue weighted by atomic mass is 9.91. The predicted octanol–water partition coefficient (Wildman–Crippen LogP) is 4.33. The van der Waals surface area contributed by atoms with Crippen LogP contribution in [0.5, 0.6) is 0 Å². The number of rotatable bonds is 6. The van der Waals surface area contributed by atoms with Crippen LogP contribution in [-0.2, 0) is 10.2 Å². The number of anilines is 1. The topological polar surface area (TPSA) is 104 Å². The van der Waals surface area contributed by atoms with Gasteiger partial charge in [0.15, 0.2) is 6.04 Å². The van der Waals surface area contributed by atoms with Crippen LogP contribution in [0.2, 0.25) is 0 Å². The van der Waals surface area contributed by atoms with Gasteiger partial charge in [0.1, 0.15) is 5.69 Å². The largest absolute Gasteiger partial charge is 0.351 e. The maximum Gasteiger partial charge on any atom is 0.277 e. The van der Waals surface area contributed by atoms with Gasteiger partial charge in [-0.2, -0.15) is 0 Å². The molecule has 1 aliphatic carbocycles. The van der Waals surface area contributed by atoms with Gasteiger partial charge in [0, 0.05) is 23.3 Å². The lowest BCUT2D eigenvalue weighted by Gasteiger charge is -2.32. The molecular formula is C26H32N6O2. The van der Waals surface area contributed by atoms with Gasteiger partial charge in [0.05, 0.1) is 30.1 Å². The van der Waals surface area contributed by atoms with Crippen LogP contribution in [0.1, 0.15) is 80.8 Å². The van der Waals surface area contributed by atoms with Gasteiger partial charge in [-0.1, -0.05) is 46.1 Å². The summed E-state index contributed by atoms with van der Waals surface area (Å²) >= 11 is 0. The molecule has 3 heterocycles. The summed E-state index contributed by atoms with van der Waals surface area (Å²) < 4.78 is 0. The Morgan fingerprint density at radius 3 is 2.44 bits per heavy atom. The fourth-order valence-corrected chi connectivity index (χ4v) is 4.31. The van der Waals surface area contributed by atoms with Crippen LogP contribution in [0.3, 0.4) is 0 Å². The number of carbonyl (C=O) groups is 2. The molecule has 3 aromatic heterocycles. The molecule has 0 bridgehead atoms. The van der Waals surface area contributed by atoms with Gasteiger partial charge in [-0.05, 0) is 37.1 Å². The summed E-state index contributed by atoms with van der Waals surface area (Å²) in [5.74, 6) is -0.629. The van der Waals surface area contributed by atoms with E-state index in [2.05, 4.69) is 46.0 Å². The van der Waals surface area contributed by atoms with Crippen molar-refractivity contribution in [2.24, 2.45) is 0 Å². The van der Waals surface area contributed by atoms with Crippen LogP contribution in [0, 0.1) is 0 Å². The zero-order valence-electron chi connectivity index (χ0n) is 20.0. The Balaban J connectivity index is 1.77. The number of aromatic amines is 1. The number of nitrogens with one attached hydrogen (secondary N) is 2. The van der Waals surface area contributed by atoms with E-state index < -0.39 is 6.04 Å². The second kappa shape index (κ2) is 10.2. The molecule has 2 amide bonds. The molecule has 8 nitrogen and oxygen atoms in total. The Morgan fingerprint density at radius 1 is 1.06 bits per heavy atom. The van der Waals surface area contributed by atoms with Crippen LogP contribution >= 0.6 is 0 Å². The fraction of sp³-hybridized carbons (Fsp3) is 0.423. The molecule has 1 saturated carbocycles. The normalized spacial score (nSPS) is 15.5. The van der Waals surface area contributed by atoms with Gasteiger partial charge in [-0.25, -0.2) is 4.98 Å². The number of H-pyrrole nitrogens is 1. The number of imidazole rings is 1. The fourth-order valence-electron chi connectivity index (χ4n) is 4.31. The number of aromatic nitrogens is 4. The summed E-state index contributed by atoms with van der Waals surface area (Å²) in [7, 11) is 0. The zero-order valence-corrected chi connectivity index (χ0v) is 20.0. The number of amides is 2. The molecule has 1 atom stereocenters. The van der Waals surface area contributed by atoms with Crippen molar-refractivity contribution in [3.8, 4) is 0 Å². The second-order valence-corrected chi connectivity index (χ2v) is 9.79. The third kappa shape index (κ3) is 5.32. The van der Waals surface area contributed by atoms with E-state index in [0.29, 0.717) is 11.4 Å². The van der Waals surface area contributed by atoms with Gasteiger partial charge >= 0.3 is 0 Å². The lowest BCUT2D eigenvalue weighted by Crippen LogP contribution is -2.47. The van der Waals surface area contributed by atoms with E-state index in [1.807, 2.05) is 18.2 Å². The van der Waals surface area contributed by atoms with Crippen molar-refractivity contribution in [1.82, 2.24) is 25.3 Å². The minimum Gasteiger partial charge on any atom is -0.351 e. The highest BCUT2D eigenvalue weighted by Crippen LogP contribution is 2.30. The van der Waals surface area contributed by atoms with Crippen molar-refractivity contribution in [3.05, 3.63) is 72.3 Å². The first kappa shape index (κ1) is 23.6. The summed E-state index contributed by atoms with van der Waals surface area (Å²) in [6, 6.07) is 8.26. The van der Waals surface area contributed by atoms with Crippen molar-refractivity contribution in [1.29, 1.82) is 0 Å². The lowest BCUT2D eigenvalue weighted by molar-refractivity contribution is -0.123. The second-order valence-electron chi connectivity index (χ2n) is 9.79. The summed E-state index contributed by atoms with van der Waals surface area (Å²) in [5, 5.41) is 3.18. The monoisotopic (exact) mass is 460 g/mol. The molecule has 0 saturated heterocycles. The first-order valence-electron chi connectivity index (χ1n) is 11.8. The molecule has 4 rings (SSSR count). The standard InChI is InChI=1S/C26H32N6O2/c1-26(2,3)22-13-12-19(15-29-22)32(25(34)21-16-27-17-30-21)23(20-11-7-8-14-28-20)24(33)31-18-9-5-4-6-10-18/h7-8,11-18,23H,4-6,9-10H2,1-3H3,(H,27,30)(H,31,33). The molecule has 2 N–H and O–H groups in total. The minimum atomic E-state index is -0.957. The van der Waals surface area contributed by atoms with Crippen LogP contribution in [0.15, 0.2) is 55.2 Å². The number of nitrogens with zero attached hydrogens (tertiary/aromatic N) is 4. The number of pyridine rings is 2. The first-order valence-corrected chi connectivity index (χ1v) is 11.8. The molecule has 0 spiro atoms. The average Bonchev–Trinajstić information content (AvgIpc) is 3.38. The van der Waals surface area contributed by atoms with Crippen LogP contribution in [-0.4, -0.2) is 37.8 Å². The van der Waals surface area contributed by atoms with Crippen molar-refractivity contribution in [3.63, 3.8) is 0 Å². The molecule has 3 aromatic rings. The smallest absolute Gasteiger partial charge is 0.277 e. The van der Waals surface area contributed by atoms with Gasteiger partial charge in [0.2, 0.25) is 5.91 Å². The summed E-state index contributed by atoms with van der Waals surface area (Å²) in [6.45, 7) is 6.24. The molecule has 0 radical (unpaired) electrons. The van der Waals surface area contributed by atoms with Gasteiger partial charge in [-0.15, -0.1) is 0 Å². The van der Waals surface area contributed by atoms with Crippen molar-refractivity contribution in [2.45, 2.75) is 70.4 Å². The Hall–Kier alpha value is -3.55. The SMILES string of the molecule is CC(C)(C)c1ccc(N(C(=O)c2cnc[nH]2)C(C(=O)NC2CCCCC2)c2ccccn2)cn1. The Labute approximate surface area is 200 Å². The molecule has 0 aromatic carbocycles. The molecular weight excluding hydrogens is 428 g/mol. The molecule has 1 fully saturated rings. The highest BCUT2D eigenvalue weighted by molar-refractivity contribution is 6.08. The first-order chi connectivity index (χ1) is 16.3. The van der Waals surface area contributed by atoms with Crippen LogP contribution in [0.4, 0.5) is 5.69 Å². The molecule has 178 valence electrons. The highest BCUT2D eigenvalue weighted by atomic mass is 16.2. The predicted molar refractivity (Wildman–Crippen MR) is 130 cm³/mol. The van der Waals surface area contributed by atoms with E-state index in [1.165, 1.54) is 23.8 Å². The van der Waals surface area contributed by atoms with Crippen LogP contribution in [0.25, 0.3) is 0 Å². The van der Waals surface area contributed by atoms with Crippen LogP contribution < -0.4 is 10.2 Å². The number of hydrogen-bond acceptors (Lipinski definition) is 5. The molecule has 1 unspecified atom stereocenters. The zero-order chi connectivity index (χ0) is 24.1. The third-order valence-electron chi connectivity index (χ3n) is 6.17. The summed E-state index contributed by atoms with van der Waals surface area (Å²) in [6.07, 6.45) is 11.4. The van der Waals surface area contributed by atoms with Gasteiger partial charge < -0.3 is 10.3 Å². The number of hydrogen-bond donors (Lipinski definition) is 2. The maximum atomic E-state index is 13.7. The minimum absolute atomic E-state index is 0.0953. The quantitative estimate of drug-likeness (QED) is 0.570. The highest BCUT2D eigenvalue weighted by Gasteiger charge is 2.36. The molecule has 1 aliphatic rings. The Kier molecular flexibility index (Phi) is 7.05. The molecule has 34 heavy (non-hydrogen) atoms. The summed E-state index contributed by atoms with van der Waals surface area (Å²) in [5.41, 5.74) is 2.04. The van der Waals surface area contributed by atoms with E-state index in [0.717, 1.165) is 31.4 Å². The average molecular weight is 461 g/mol. The summed E-state index contributed by atoms with van der Waals surface area (Å²) in [4.78, 5) is 44.9. The van der Waals surface area contributed by atoms with Gasteiger partial charge in [0.25, 0.3) is 5.91 Å².